The second-order valence-electron chi connectivity index (χ2n) is 32.6. The number of fused-ring (bicyclic) bond motifs is 22. The molecule has 0 aliphatic carbocycles. The predicted octanol–water partition coefficient (Wildman–Crippen LogP) is 29.0. The van der Waals surface area contributed by atoms with E-state index in [9.17, 15) is 10.5 Å². The first-order valence-electron chi connectivity index (χ1n) is 43.2. The fourth-order valence-corrected chi connectivity index (χ4v) is 19.4. The van der Waals surface area contributed by atoms with Crippen LogP contribution >= 0.6 is 0 Å². The lowest BCUT2D eigenvalue weighted by Gasteiger charge is -2.13. The summed E-state index contributed by atoms with van der Waals surface area (Å²) >= 11 is 0. The van der Waals surface area contributed by atoms with Gasteiger partial charge in [-0.1, -0.05) is 273 Å². The molecule has 0 bridgehead atoms. The number of nitriles is 2. The van der Waals surface area contributed by atoms with Crippen LogP contribution in [0.1, 0.15) is 11.1 Å². The molecule has 604 valence electrons. The molecule has 0 N–H and O–H groups in total. The summed E-state index contributed by atoms with van der Waals surface area (Å²) in [6, 6.07) is 146. The minimum absolute atomic E-state index is 0.479. The fraction of sp³-hybridized carbons (Fsp3) is 0. The number of rotatable bonds is 12. The molecule has 0 saturated carbocycles. The second-order valence-corrected chi connectivity index (χ2v) is 32.6. The summed E-state index contributed by atoms with van der Waals surface area (Å²) in [6.45, 7) is 0. The third-order valence-corrected chi connectivity index (χ3v) is 25.2. The highest BCUT2D eigenvalue weighted by molar-refractivity contribution is 6.30. The zero-order valence-corrected chi connectivity index (χ0v) is 69.4. The molecular weight excluding hydrogens is 1590 g/mol. The molecular formula is C116H68N12O2. The van der Waals surface area contributed by atoms with Crippen LogP contribution in [0.5, 0.6) is 0 Å². The SMILES string of the molecule is N#Cc1cc(-c2nc(-c3ccccc3)nc(-c3cccc(-c4ccccc4)c3)n2)ccc1-n1c2ccccc2c2c3oc4c(ccc5c4c4ccccc4n5-c4ccccc4)c3ccc21.N#Cc1cc(-c2nc(-c3ccccc3)nc(-c3cccc(-c4ccccc4)c3)n2)ccc1-n1c2ccccc2c2c3oc4c(ccc5c6ccccc6n(-c6ccccc6)c54)c3ccc21. The maximum Gasteiger partial charge on any atom is 0.164 e. The Bertz CT molecular complexity index is 9190. The van der Waals surface area contributed by atoms with Crippen LogP contribution in [0.4, 0.5) is 0 Å². The lowest BCUT2D eigenvalue weighted by molar-refractivity contribution is 0.675. The van der Waals surface area contributed by atoms with E-state index in [0.717, 1.165) is 193 Å². The van der Waals surface area contributed by atoms with Gasteiger partial charge in [0.1, 0.15) is 28.9 Å². The lowest BCUT2D eigenvalue weighted by atomic mass is 10.0. The van der Waals surface area contributed by atoms with E-state index in [1.165, 1.54) is 5.39 Å². The van der Waals surface area contributed by atoms with Crippen molar-refractivity contribution in [3.8, 4) is 125 Å². The van der Waals surface area contributed by atoms with Crippen LogP contribution < -0.4 is 0 Å². The van der Waals surface area contributed by atoms with Crippen molar-refractivity contribution < 1.29 is 8.83 Å². The Labute approximate surface area is 742 Å². The molecule has 8 heterocycles. The van der Waals surface area contributed by atoms with E-state index >= 15 is 0 Å². The van der Waals surface area contributed by atoms with Crippen molar-refractivity contribution >= 4 is 131 Å². The molecule has 14 nitrogen and oxygen atoms in total. The zero-order chi connectivity index (χ0) is 86.0. The third-order valence-electron chi connectivity index (χ3n) is 25.2. The quantitative estimate of drug-likeness (QED) is 0.115. The van der Waals surface area contributed by atoms with Gasteiger partial charge in [-0.2, -0.15) is 10.5 Å². The highest BCUT2D eigenvalue weighted by Crippen LogP contribution is 2.49. The van der Waals surface area contributed by atoms with E-state index in [-0.39, 0.29) is 0 Å². The van der Waals surface area contributed by atoms with E-state index in [4.69, 9.17) is 38.7 Å². The highest BCUT2D eigenvalue weighted by Gasteiger charge is 2.28. The maximum atomic E-state index is 10.9. The Morgan fingerprint density at radius 2 is 0.477 bits per heavy atom. The Balaban J connectivity index is 0.000000140. The molecule has 26 aromatic rings. The average molecular weight is 1660 g/mol. The topological polar surface area (TPSA) is 171 Å². The number of hydrogen-bond donors (Lipinski definition) is 0. The fourth-order valence-electron chi connectivity index (χ4n) is 19.4. The minimum atomic E-state index is 0.479. The highest BCUT2D eigenvalue weighted by atomic mass is 16.3. The van der Waals surface area contributed by atoms with Gasteiger partial charge in [-0.05, 0) is 162 Å². The molecule has 14 heteroatoms. The molecule has 0 fully saturated rings. The van der Waals surface area contributed by atoms with Gasteiger partial charge in [-0.15, -0.1) is 0 Å². The molecule has 0 amide bonds. The van der Waals surface area contributed by atoms with Crippen molar-refractivity contribution in [2.24, 2.45) is 0 Å². The van der Waals surface area contributed by atoms with Gasteiger partial charge in [0.05, 0.1) is 82.8 Å². The van der Waals surface area contributed by atoms with Gasteiger partial charge < -0.3 is 27.1 Å². The summed E-state index contributed by atoms with van der Waals surface area (Å²) in [7, 11) is 0. The van der Waals surface area contributed by atoms with Crippen LogP contribution in [0.3, 0.4) is 0 Å². The Morgan fingerprint density at radius 3 is 0.885 bits per heavy atom. The van der Waals surface area contributed by atoms with Crippen LogP contribution in [-0.4, -0.2) is 48.2 Å². The van der Waals surface area contributed by atoms with E-state index in [2.05, 4.69) is 261 Å². The van der Waals surface area contributed by atoms with Gasteiger partial charge >= 0.3 is 0 Å². The van der Waals surface area contributed by atoms with Crippen LogP contribution in [-0.2, 0) is 0 Å². The van der Waals surface area contributed by atoms with Gasteiger partial charge in [-0.3, -0.25) is 0 Å². The van der Waals surface area contributed by atoms with Gasteiger partial charge in [0.2, 0.25) is 0 Å². The molecule has 26 rings (SSSR count). The number of furan rings is 2. The third kappa shape index (κ3) is 12.1. The Hall–Kier alpha value is -18.2. The molecule has 0 aliphatic rings. The summed E-state index contributed by atoms with van der Waals surface area (Å²) in [5.74, 6) is 3.16. The van der Waals surface area contributed by atoms with Crippen molar-refractivity contribution in [3.05, 3.63) is 424 Å². The van der Waals surface area contributed by atoms with Crippen LogP contribution in [0.25, 0.3) is 244 Å². The number of aromatic nitrogens is 10. The number of nitrogens with zero attached hydrogens (tertiary/aromatic N) is 12. The maximum absolute atomic E-state index is 10.9. The molecule has 0 unspecified atom stereocenters. The summed E-state index contributed by atoms with van der Waals surface area (Å²) in [4.78, 5) is 30.1. The van der Waals surface area contributed by atoms with Gasteiger partial charge in [0.15, 0.2) is 40.5 Å². The summed E-state index contributed by atoms with van der Waals surface area (Å²) in [5, 5.41) is 34.6. The van der Waals surface area contributed by atoms with Crippen LogP contribution in [0.15, 0.2) is 421 Å². The Kier molecular flexibility index (Phi) is 17.4. The van der Waals surface area contributed by atoms with Crippen molar-refractivity contribution in [2.75, 3.05) is 0 Å². The molecule has 0 radical (unpaired) electrons. The van der Waals surface area contributed by atoms with E-state index in [0.29, 0.717) is 57.2 Å². The molecule has 0 aliphatic heterocycles. The molecule has 0 saturated heterocycles. The number of benzene rings is 18. The average Bonchev–Trinajstić information content (AvgIpc) is 1.54. The minimum Gasteiger partial charge on any atom is -0.455 e. The summed E-state index contributed by atoms with van der Waals surface area (Å²) in [5.41, 5.74) is 25.4. The van der Waals surface area contributed by atoms with E-state index in [1.54, 1.807) is 0 Å². The second kappa shape index (κ2) is 30.3. The first kappa shape index (κ1) is 74.4. The molecule has 0 spiro atoms. The van der Waals surface area contributed by atoms with Crippen LogP contribution in [0, 0.1) is 22.7 Å². The van der Waals surface area contributed by atoms with Gasteiger partial charge in [0.25, 0.3) is 0 Å². The summed E-state index contributed by atoms with van der Waals surface area (Å²) in [6.07, 6.45) is 0. The zero-order valence-electron chi connectivity index (χ0n) is 69.4. The molecule has 0 atom stereocenters. The monoisotopic (exact) mass is 1660 g/mol. The molecule has 130 heavy (non-hydrogen) atoms. The standard InChI is InChI=1S/2C58H34N6O/c59-35-41-34-40(58-61-56(37-17-6-2-7-18-37)60-57(62-58)39-20-14-19-38(33-39)36-15-4-1-5-16-36)27-30-47(41)64-49-26-13-11-24-46(49)53-51(64)32-29-44-43-28-31-50-52(54(43)65-55(44)53)45-23-10-12-25-48(45)63(50)42-21-8-3-9-22-42;59-35-41-34-40(58-61-56(37-17-6-2-7-18-37)60-57(62-58)39-20-14-19-38(33-39)36-15-4-1-5-16-36)27-31-48(41)64-50-26-13-11-24-47(50)52-51(64)32-30-45-46-29-28-44-43-23-10-12-25-49(43)63(42-21-8-3-9-22-42)53(44)55(46)65-54(45)52/h2*1-34H. The van der Waals surface area contributed by atoms with E-state index in [1.807, 2.05) is 182 Å². The lowest BCUT2D eigenvalue weighted by Crippen LogP contribution is -2.02. The van der Waals surface area contributed by atoms with Gasteiger partial charge in [0, 0.05) is 93.2 Å². The first-order chi connectivity index (χ1) is 64.4. The van der Waals surface area contributed by atoms with Crippen LogP contribution in [0.2, 0.25) is 0 Å². The molecule has 8 aromatic heterocycles. The number of hydrogen-bond acceptors (Lipinski definition) is 10. The summed E-state index contributed by atoms with van der Waals surface area (Å²) < 4.78 is 23.3. The smallest absolute Gasteiger partial charge is 0.164 e. The van der Waals surface area contributed by atoms with Crippen molar-refractivity contribution in [3.63, 3.8) is 0 Å². The van der Waals surface area contributed by atoms with Gasteiger partial charge in [-0.25, -0.2) is 29.9 Å². The van der Waals surface area contributed by atoms with Crippen molar-refractivity contribution in [2.45, 2.75) is 0 Å². The van der Waals surface area contributed by atoms with Crippen molar-refractivity contribution in [1.29, 1.82) is 10.5 Å². The first-order valence-corrected chi connectivity index (χ1v) is 43.2. The largest absolute Gasteiger partial charge is 0.455 e. The predicted molar refractivity (Wildman–Crippen MR) is 524 cm³/mol. The Morgan fingerprint density at radius 1 is 0.192 bits per heavy atom. The normalized spacial score (nSPS) is 11.7. The van der Waals surface area contributed by atoms with E-state index < -0.39 is 0 Å². The molecule has 18 aromatic carbocycles. The van der Waals surface area contributed by atoms with Crippen molar-refractivity contribution in [1.82, 2.24) is 48.2 Å². The number of para-hydroxylation sites is 6.